The molecule has 6 nitrogen and oxygen atoms in total. The van der Waals surface area contributed by atoms with E-state index in [1.807, 2.05) is 30.4 Å². The molecule has 3 aliphatic heterocycles. The number of fused-ring (bicyclic) bond motifs is 1. The Kier molecular flexibility index (Phi) is 6.26. The maximum absolute atomic E-state index is 5.96. The fraction of sp³-hybridized carbons (Fsp3) is 0.321. The molecule has 3 N–H and O–H groups in total. The van der Waals surface area contributed by atoms with Crippen LogP contribution in [0.3, 0.4) is 0 Å². The second kappa shape index (κ2) is 9.49. The highest BCUT2D eigenvalue weighted by Crippen LogP contribution is 2.41. The lowest BCUT2D eigenvalue weighted by Gasteiger charge is -2.45. The SMILES string of the molecule is C=CN=C1\C=C/C=C\C=C(\C(=C)NCc2ccc3cc(CN4CCC5(C4)OCC5C)[nH]c3c2)N1. The van der Waals surface area contributed by atoms with Crippen LogP contribution in [-0.4, -0.2) is 41.0 Å². The molecule has 1 aromatic heterocycles. The smallest absolute Gasteiger partial charge is 0.130 e. The molecule has 34 heavy (non-hydrogen) atoms. The summed E-state index contributed by atoms with van der Waals surface area (Å²) < 4.78 is 5.96. The number of allylic oxidation sites excluding steroid dienone is 4. The van der Waals surface area contributed by atoms with Crippen molar-refractivity contribution in [2.75, 3.05) is 19.7 Å². The molecule has 0 bridgehead atoms. The van der Waals surface area contributed by atoms with Crippen molar-refractivity contribution < 1.29 is 4.74 Å². The highest BCUT2D eigenvalue weighted by molar-refractivity contribution is 5.95. The zero-order valence-corrected chi connectivity index (χ0v) is 19.8. The number of nitrogens with one attached hydrogen (secondary N) is 3. The maximum atomic E-state index is 5.96. The normalized spacial score (nSPS) is 29.0. The lowest BCUT2D eigenvalue weighted by atomic mass is 9.83. The minimum atomic E-state index is 0.110. The number of hydrogen-bond acceptors (Lipinski definition) is 4. The van der Waals surface area contributed by atoms with Crippen LogP contribution < -0.4 is 10.6 Å². The second-order valence-corrected chi connectivity index (χ2v) is 9.43. The number of aromatic amines is 1. The molecule has 0 saturated carbocycles. The van der Waals surface area contributed by atoms with E-state index in [1.165, 1.54) is 28.4 Å². The number of ether oxygens (including phenoxy) is 1. The van der Waals surface area contributed by atoms with Gasteiger partial charge in [-0.05, 0) is 41.7 Å². The molecule has 2 unspecified atom stereocenters. The molecule has 1 spiro atoms. The van der Waals surface area contributed by atoms with Gasteiger partial charge in [0.1, 0.15) is 5.84 Å². The molecule has 4 heterocycles. The highest BCUT2D eigenvalue weighted by atomic mass is 16.5. The Labute approximate surface area is 201 Å². The van der Waals surface area contributed by atoms with Gasteiger partial charge in [-0.3, -0.25) is 4.90 Å². The zero-order chi connectivity index (χ0) is 23.5. The summed E-state index contributed by atoms with van der Waals surface area (Å²) >= 11 is 0. The summed E-state index contributed by atoms with van der Waals surface area (Å²) in [6.45, 7) is 14.9. The van der Waals surface area contributed by atoms with Crippen LogP contribution in [0.15, 0.2) is 90.4 Å². The molecule has 176 valence electrons. The molecular formula is C28H33N5O. The number of likely N-dealkylation sites (tertiary alicyclic amines) is 1. The number of nitrogens with zero attached hydrogens (tertiary/aromatic N) is 2. The van der Waals surface area contributed by atoms with Crippen molar-refractivity contribution in [2.45, 2.75) is 32.0 Å². The van der Waals surface area contributed by atoms with Crippen LogP contribution in [0.1, 0.15) is 24.6 Å². The molecule has 3 aliphatic rings. The molecule has 1 aromatic carbocycles. The second-order valence-electron chi connectivity index (χ2n) is 9.43. The van der Waals surface area contributed by atoms with E-state index in [2.05, 4.69) is 69.9 Å². The van der Waals surface area contributed by atoms with Crippen LogP contribution in [0.25, 0.3) is 10.9 Å². The topological polar surface area (TPSA) is 64.7 Å². The van der Waals surface area contributed by atoms with Crippen molar-refractivity contribution in [3.8, 4) is 0 Å². The molecule has 2 atom stereocenters. The highest BCUT2D eigenvalue weighted by Gasteiger charge is 2.49. The first kappa shape index (κ1) is 22.4. The third-order valence-electron chi connectivity index (χ3n) is 7.06. The number of hydrogen-bond donors (Lipinski definition) is 3. The number of amidine groups is 1. The Balaban J connectivity index is 1.21. The first-order chi connectivity index (χ1) is 16.5. The van der Waals surface area contributed by atoms with Gasteiger partial charge in [0.05, 0.1) is 23.6 Å². The van der Waals surface area contributed by atoms with E-state index in [0.29, 0.717) is 12.5 Å². The number of aromatic nitrogens is 1. The van der Waals surface area contributed by atoms with Gasteiger partial charge in [-0.15, -0.1) is 0 Å². The summed E-state index contributed by atoms with van der Waals surface area (Å²) in [5.41, 5.74) is 5.40. The Morgan fingerprint density at radius 1 is 1.32 bits per heavy atom. The zero-order valence-electron chi connectivity index (χ0n) is 19.8. The largest absolute Gasteiger partial charge is 0.380 e. The molecule has 5 rings (SSSR count). The van der Waals surface area contributed by atoms with Crippen molar-refractivity contribution in [3.05, 3.63) is 96.7 Å². The van der Waals surface area contributed by atoms with Gasteiger partial charge in [-0.25, -0.2) is 4.99 Å². The van der Waals surface area contributed by atoms with Gasteiger partial charge in [0.15, 0.2) is 0 Å². The Hall–Kier alpha value is -3.35. The van der Waals surface area contributed by atoms with Crippen LogP contribution in [0, 0.1) is 5.92 Å². The lowest BCUT2D eigenvalue weighted by Crippen LogP contribution is -2.53. The summed E-state index contributed by atoms with van der Waals surface area (Å²) in [4.78, 5) is 10.4. The average Bonchev–Trinajstić information content (AvgIpc) is 3.43. The first-order valence-corrected chi connectivity index (χ1v) is 12.0. The lowest BCUT2D eigenvalue weighted by molar-refractivity contribution is -0.188. The molecular weight excluding hydrogens is 422 g/mol. The van der Waals surface area contributed by atoms with Crippen molar-refractivity contribution in [2.24, 2.45) is 10.9 Å². The number of rotatable bonds is 7. The van der Waals surface area contributed by atoms with Crippen molar-refractivity contribution >= 4 is 16.7 Å². The minimum absolute atomic E-state index is 0.110. The standard InChI is InChI=1S/C28H33N5O/c1-4-29-27-9-7-5-6-8-25(32-27)21(3)30-16-22-10-11-23-15-24(31-26(23)14-22)17-33-13-12-28(19-33)20(2)18-34-28/h4-11,14-15,20,30-31H,1,3,12-13,16-19H2,2H3,(H,29,32). The van der Waals surface area contributed by atoms with Gasteiger partial charge in [0.25, 0.3) is 0 Å². The van der Waals surface area contributed by atoms with E-state index >= 15 is 0 Å². The van der Waals surface area contributed by atoms with Crippen molar-refractivity contribution in [1.29, 1.82) is 0 Å². The Morgan fingerprint density at radius 3 is 3.00 bits per heavy atom. The summed E-state index contributed by atoms with van der Waals surface area (Å²) in [5.74, 6) is 1.39. The number of benzene rings is 1. The van der Waals surface area contributed by atoms with Crippen LogP contribution in [0.5, 0.6) is 0 Å². The van der Waals surface area contributed by atoms with Crippen molar-refractivity contribution in [1.82, 2.24) is 20.5 Å². The van der Waals surface area contributed by atoms with E-state index < -0.39 is 0 Å². The third-order valence-corrected chi connectivity index (χ3v) is 7.06. The molecule has 0 amide bonds. The van der Waals surface area contributed by atoms with E-state index in [9.17, 15) is 0 Å². The first-order valence-electron chi connectivity index (χ1n) is 12.0. The van der Waals surface area contributed by atoms with Gasteiger partial charge >= 0.3 is 0 Å². The van der Waals surface area contributed by atoms with Crippen LogP contribution >= 0.6 is 0 Å². The van der Waals surface area contributed by atoms with Gasteiger partial charge in [0, 0.05) is 49.5 Å². The predicted molar refractivity (Wildman–Crippen MR) is 139 cm³/mol. The minimum Gasteiger partial charge on any atom is -0.380 e. The van der Waals surface area contributed by atoms with Crippen LogP contribution in [-0.2, 0) is 17.8 Å². The molecule has 2 saturated heterocycles. The molecule has 0 aliphatic carbocycles. The van der Waals surface area contributed by atoms with Gasteiger partial charge in [-0.1, -0.05) is 50.4 Å². The van der Waals surface area contributed by atoms with Crippen LogP contribution in [0.2, 0.25) is 0 Å². The van der Waals surface area contributed by atoms with E-state index in [0.717, 1.165) is 49.9 Å². The fourth-order valence-electron chi connectivity index (χ4n) is 4.93. The average molecular weight is 456 g/mol. The number of H-pyrrole nitrogens is 1. The summed E-state index contributed by atoms with van der Waals surface area (Å²) in [6, 6.07) is 8.84. The molecule has 0 radical (unpaired) electrons. The van der Waals surface area contributed by atoms with Crippen LogP contribution in [0.4, 0.5) is 0 Å². The quantitative estimate of drug-likeness (QED) is 0.574. The van der Waals surface area contributed by atoms with Crippen molar-refractivity contribution in [3.63, 3.8) is 0 Å². The summed E-state index contributed by atoms with van der Waals surface area (Å²) in [5, 5.41) is 7.97. The van der Waals surface area contributed by atoms with E-state index in [4.69, 9.17) is 4.74 Å². The predicted octanol–water partition coefficient (Wildman–Crippen LogP) is 4.52. The molecule has 6 heteroatoms. The maximum Gasteiger partial charge on any atom is 0.130 e. The van der Waals surface area contributed by atoms with Gasteiger partial charge in [-0.2, -0.15) is 0 Å². The van der Waals surface area contributed by atoms with E-state index in [-0.39, 0.29) is 5.60 Å². The fourth-order valence-corrected chi connectivity index (χ4v) is 4.93. The van der Waals surface area contributed by atoms with Gasteiger partial charge < -0.3 is 20.4 Å². The summed E-state index contributed by atoms with van der Waals surface area (Å²) in [6.07, 6.45) is 12.4. The van der Waals surface area contributed by atoms with Gasteiger partial charge in [0.2, 0.25) is 0 Å². The monoisotopic (exact) mass is 455 g/mol. The molecule has 2 aromatic rings. The Morgan fingerprint density at radius 2 is 2.24 bits per heavy atom. The molecule has 2 fully saturated rings. The third kappa shape index (κ3) is 4.65. The summed E-state index contributed by atoms with van der Waals surface area (Å²) in [7, 11) is 0. The Bertz CT molecular complexity index is 1220. The van der Waals surface area contributed by atoms with E-state index in [1.54, 1.807) is 0 Å². The number of aliphatic imine (C=N–C) groups is 1.